The molecular formula is C9H10LiO6S-. The van der Waals surface area contributed by atoms with Crippen molar-refractivity contribution in [3.63, 3.8) is 0 Å². The molecule has 17 heavy (non-hydrogen) atoms. The smallest absolute Gasteiger partial charge is 0.870 e. The Bertz CT molecular complexity index is 462. The summed E-state index contributed by atoms with van der Waals surface area (Å²) < 4.78 is 33.1. The third-order valence-electron chi connectivity index (χ3n) is 2.15. The fourth-order valence-corrected chi connectivity index (χ4v) is 2.78. The van der Waals surface area contributed by atoms with Gasteiger partial charge in [0, 0.05) is 18.0 Å². The molecule has 1 aromatic heterocycles. The average Bonchev–Trinajstić information content (AvgIpc) is 2.60. The van der Waals surface area contributed by atoms with Gasteiger partial charge in [0.15, 0.2) is 5.09 Å². The number of ether oxygens (including phenoxy) is 1. The molecule has 1 N–H and O–H groups in total. The van der Waals surface area contributed by atoms with Crippen LogP contribution in [0.15, 0.2) is 21.6 Å². The van der Waals surface area contributed by atoms with Crippen molar-refractivity contribution in [2.24, 2.45) is 5.92 Å². The van der Waals surface area contributed by atoms with Crippen molar-refractivity contribution in [1.29, 1.82) is 0 Å². The maximum absolute atomic E-state index is 11.7. The molecule has 1 aliphatic rings. The van der Waals surface area contributed by atoms with Gasteiger partial charge in [-0.05, 0) is 0 Å². The van der Waals surface area contributed by atoms with Gasteiger partial charge in [0.2, 0.25) is 9.84 Å². The van der Waals surface area contributed by atoms with E-state index in [1.807, 2.05) is 0 Å². The maximum Gasteiger partial charge on any atom is 1.00 e. The van der Waals surface area contributed by atoms with Crippen molar-refractivity contribution in [3.8, 4) is 0 Å². The van der Waals surface area contributed by atoms with Gasteiger partial charge in [-0.3, -0.25) is 0 Å². The van der Waals surface area contributed by atoms with Crippen LogP contribution in [-0.2, 0) is 19.4 Å². The Kier molecular flexibility index (Phi) is 6.16. The third-order valence-corrected chi connectivity index (χ3v) is 3.89. The molecule has 2 rings (SSSR count). The molecular weight excluding hydrogens is 243 g/mol. The summed E-state index contributed by atoms with van der Waals surface area (Å²) in [5.74, 6) is -0.0686. The van der Waals surface area contributed by atoms with Crippen LogP contribution in [0.1, 0.15) is 5.76 Å². The molecule has 1 fully saturated rings. The first-order valence-corrected chi connectivity index (χ1v) is 6.05. The summed E-state index contributed by atoms with van der Waals surface area (Å²) in [6, 6.07) is 2.56. The van der Waals surface area contributed by atoms with Crippen LogP contribution in [0.25, 0.3) is 0 Å². The molecule has 6 nitrogen and oxygen atoms in total. The SMILES string of the molecule is O=[C-]c1ccc(S(=O)(=O)CC2COC2)o1.[Li+].[OH-]. The minimum atomic E-state index is -3.44. The second kappa shape index (κ2) is 6.38. The van der Waals surface area contributed by atoms with Gasteiger partial charge in [0.1, 0.15) is 0 Å². The Balaban J connectivity index is 0.00000128. The van der Waals surface area contributed by atoms with Crippen LogP contribution in [0, 0.1) is 5.92 Å². The number of furan rings is 1. The molecule has 0 radical (unpaired) electrons. The zero-order valence-corrected chi connectivity index (χ0v) is 10.1. The maximum atomic E-state index is 11.7. The van der Waals surface area contributed by atoms with Crippen molar-refractivity contribution >= 4 is 16.1 Å². The molecule has 0 aliphatic carbocycles. The number of sulfone groups is 1. The van der Waals surface area contributed by atoms with E-state index in [1.165, 1.54) is 18.4 Å². The molecule has 0 spiro atoms. The van der Waals surface area contributed by atoms with E-state index >= 15 is 0 Å². The molecule has 0 atom stereocenters. The van der Waals surface area contributed by atoms with Crippen LogP contribution in [-0.4, -0.2) is 39.1 Å². The first-order chi connectivity index (χ1) is 7.12. The molecule has 2 heterocycles. The van der Waals surface area contributed by atoms with Crippen LogP contribution in [0.2, 0.25) is 0 Å². The topological polar surface area (TPSA) is 104 Å². The summed E-state index contributed by atoms with van der Waals surface area (Å²) in [7, 11) is -3.44. The van der Waals surface area contributed by atoms with Gasteiger partial charge in [0.25, 0.3) is 0 Å². The second-order valence-corrected chi connectivity index (χ2v) is 5.37. The summed E-state index contributed by atoms with van der Waals surface area (Å²) in [6.45, 7) is 0.930. The van der Waals surface area contributed by atoms with Crippen LogP contribution < -0.4 is 18.9 Å². The summed E-state index contributed by atoms with van der Waals surface area (Å²) >= 11 is 0. The number of carbonyl (C=O) groups excluding carboxylic acids is 1. The van der Waals surface area contributed by atoms with Gasteiger partial charge in [-0.25, -0.2) is 8.42 Å². The van der Waals surface area contributed by atoms with Crippen molar-refractivity contribution in [2.75, 3.05) is 19.0 Å². The molecule has 0 unspecified atom stereocenters. The van der Waals surface area contributed by atoms with Crippen molar-refractivity contribution in [3.05, 3.63) is 17.9 Å². The predicted molar refractivity (Wildman–Crippen MR) is 51.8 cm³/mol. The average molecular weight is 253 g/mol. The van der Waals surface area contributed by atoms with Crippen LogP contribution in [0.4, 0.5) is 0 Å². The zero-order valence-electron chi connectivity index (χ0n) is 9.25. The van der Waals surface area contributed by atoms with Gasteiger partial charge < -0.3 is 19.4 Å². The van der Waals surface area contributed by atoms with E-state index < -0.39 is 9.84 Å². The monoisotopic (exact) mass is 253 g/mol. The summed E-state index contributed by atoms with van der Waals surface area (Å²) in [5.41, 5.74) is 0. The van der Waals surface area contributed by atoms with Gasteiger partial charge >= 0.3 is 18.9 Å². The largest absolute Gasteiger partial charge is 1.00 e. The Morgan fingerprint density at radius 2 is 2.00 bits per heavy atom. The first kappa shape index (κ1) is 16.4. The number of rotatable bonds is 4. The van der Waals surface area contributed by atoms with Gasteiger partial charge in [-0.2, -0.15) is 6.07 Å². The van der Waals surface area contributed by atoms with Crippen LogP contribution in [0.3, 0.4) is 0 Å². The Morgan fingerprint density at radius 3 is 2.41 bits per heavy atom. The van der Waals surface area contributed by atoms with Crippen LogP contribution >= 0.6 is 0 Å². The van der Waals surface area contributed by atoms with Crippen LogP contribution in [0.5, 0.6) is 0 Å². The van der Waals surface area contributed by atoms with E-state index in [2.05, 4.69) is 0 Å². The molecule has 0 aromatic carbocycles. The van der Waals surface area contributed by atoms with Gasteiger partial charge in [0.05, 0.1) is 19.0 Å². The standard InChI is InChI=1S/C9H9O5S.Li.H2O/c10-3-8-1-2-9(14-8)15(11,12)6-7-4-13-5-7;;/h1-2,7H,4-6H2;;1H2/q-1;+1;/p-1. The van der Waals surface area contributed by atoms with E-state index in [4.69, 9.17) is 9.15 Å². The van der Waals surface area contributed by atoms with Crippen molar-refractivity contribution in [1.82, 2.24) is 0 Å². The Morgan fingerprint density at radius 1 is 1.35 bits per heavy atom. The summed E-state index contributed by atoms with van der Waals surface area (Å²) in [5, 5.41) is -0.173. The molecule has 1 saturated heterocycles. The normalized spacial score (nSPS) is 15.3. The van der Waals surface area contributed by atoms with Gasteiger partial charge in [-0.1, -0.05) is 6.07 Å². The molecule has 0 amide bonds. The van der Waals surface area contributed by atoms with E-state index in [1.54, 1.807) is 0 Å². The molecule has 1 aromatic rings. The van der Waals surface area contributed by atoms with E-state index in [0.29, 0.717) is 13.2 Å². The first-order valence-electron chi connectivity index (χ1n) is 4.40. The van der Waals surface area contributed by atoms with E-state index in [-0.39, 0.29) is 46.9 Å². The summed E-state index contributed by atoms with van der Waals surface area (Å²) in [4.78, 5) is 10.2. The second-order valence-electron chi connectivity index (χ2n) is 3.41. The minimum Gasteiger partial charge on any atom is -0.870 e. The molecule has 0 bridgehead atoms. The number of hydrogen-bond acceptors (Lipinski definition) is 6. The predicted octanol–water partition coefficient (Wildman–Crippen LogP) is -3.02. The Hall–Kier alpha value is -0.583. The molecule has 0 saturated carbocycles. The molecule has 8 heteroatoms. The van der Waals surface area contributed by atoms with Crippen molar-refractivity contribution in [2.45, 2.75) is 5.09 Å². The quantitative estimate of drug-likeness (QED) is 0.418. The van der Waals surface area contributed by atoms with Gasteiger partial charge in [-0.15, -0.1) is 0 Å². The van der Waals surface area contributed by atoms with Crippen molar-refractivity contribution < 1.29 is 46.7 Å². The minimum absolute atomic E-state index is 0. The van der Waals surface area contributed by atoms with E-state index in [0.717, 1.165) is 0 Å². The molecule has 90 valence electrons. The fourth-order valence-electron chi connectivity index (χ4n) is 1.32. The Labute approximate surface area is 111 Å². The fraction of sp³-hybridized carbons (Fsp3) is 0.444. The van der Waals surface area contributed by atoms with E-state index in [9.17, 15) is 13.2 Å². The zero-order chi connectivity index (χ0) is 10.9. The number of hydrogen-bond donors (Lipinski definition) is 0. The molecule has 1 aliphatic heterocycles. The third kappa shape index (κ3) is 3.69. The summed E-state index contributed by atoms with van der Waals surface area (Å²) in [6.07, 6.45) is 1.49.